The van der Waals surface area contributed by atoms with Crippen LogP contribution >= 0.6 is 0 Å². The minimum Gasteiger partial charge on any atom is -0.384 e. The van der Waals surface area contributed by atoms with Crippen LogP contribution in [-0.2, 0) is 16.0 Å². The number of rotatable bonds is 5. The van der Waals surface area contributed by atoms with E-state index in [9.17, 15) is 4.79 Å². The van der Waals surface area contributed by atoms with Gasteiger partial charge in [0.1, 0.15) is 0 Å². The first kappa shape index (κ1) is 14.0. The summed E-state index contributed by atoms with van der Waals surface area (Å²) in [6.45, 7) is 2.47. The van der Waals surface area contributed by atoms with E-state index < -0.39 is 0 Å². The van der Waals surface area contributed by atoms with E-state index in [0.717, 1.165) is 43.6 Å². The van der Waals surface area contributed by atoms with Crippen molar-refractivity contribution in [3.63, 3.8) is 0 Å². The van der Waals surface area contributed by atoms with Gasteiger partial charge in [0.15, 0.2) is 0 Å². The molecular formula is C15H22N2O2. The maximum absolute atomic E-state index is 12.2. The van der Waals surface area contributed by atoms with Gasteiger partial charge in [0.2, 0.25) is 5.91 Å². The average molecular weight is 262 g/mol. The molecule has 1 heterocycles. The van der Waals surface area contributed by atoms with E-state index in [4.69, 9.17) is 4.74 Å². The van der Waals surface area contributed by atoms with Crippen LogP contribution in [0, 0.1) is 5.92 Å². The Morgan fingerprint density at radius 3 is 3.05 bits per heavy atom. The van der Waals surface area contributed by atoms with Crippen LogP contribution in [0.1, 0.15) is 18.4 Å². The molecular weight excluding hydrogens is 240 g/mol. The van der Waals surface area contributed by atoms with Crippen molar-refractivity contribution in [2.45, 2.75) is 19.3 Å². The Balaban J connectivity index is 1.99. The molecule has 1 saturated heterocycles. The zero-order chi connectivity index (χ0) is 13.5. The summed E-state index contributed by atoms with van der Waals surface area (Å²) in [6, 6.07) is 7.93. The number of carbonyl (C=O) groups excluding carboxylic acids is 1. The molecule has 0 bridgehead atoms. The Labute approximate surface area is 114 Å². The van der Waals surface area contributed by atoms with E-state index in [1.807, 2.05) is 24.3 Å². The molecule has 0 aromatic heterocycles. The number of amides is 1. The van der Waals surface area contributed by atoms with Gasteiger partial charge >= 0.3 is 0 Å². The fourth-order valence-electron chi connectivity index (χ4n) is 2.38. The van der Waals surface area contributed by atoms with Crippen LogP contribution in [-0.4, -0.2) is 32.7 Å². The summed E-state index contributed by atoms with van der Waals surface area (Å²) >= 11 is 0. The molecule has 2 rings (SSSR count). The van der Waals surface area contributed by atoms with Gasteiger partial charge in [-0.05, 0) is 37.4 Å². The van der Waals surface area contributed by atoms with Crippen LogP contribution < -0.4 is 10.6 Å². The van der Waals surface area contributed by atoms with E-state index in [2.05, 4.69) is 10.6 Å². The molecule has 0 spiro atoms. The van der Waals surface area contributed by atoms with Gasteiger partial charge in [-0.3, -0.25) is 4.79 Å². The zero-order valence-corrected chi connectivity index (χ0v) is 11.4. The number of piperidine rings is 1. The molecule has 0 saturated carbocycles. The molecule has 1 fully saturated rings. The highest BCUT2D eigenvalue weighted by molar-refractivity contribution is 5.93. The number of para-hydroxylation sites is 1. The lowest BCUT2D eigenvalue weighted by Gasteiger charge is -2.22. The maximum atomic E-state index is 12.2. The van der Waals surface area contributed by atoms with Crippen LogP contribution in [0.5, 0.6) is 0 Å². The Hall–Kier alpha value is -1.39. The number of hydrogen-bond donors (Lipinski definition) is 2. The number of hydrogen-bond acceptors (Lipinski definition) is 3. The molecule has 1 unspecified atom stereocenters. The van der Waals surface area contributed by atoms with Gasteiger partial charge in [-0.25, -0.2) is 0 Å². The van der Waals surface area contributed by atoms with E-state index in [0.29, 0.717) is 6.61 Å². The first-order chi connectivity index (χ1) is 9.31. The Morgan fingerprint density at radius 2 is 2.32 bits per heavy atom. The van der Waals surface area contributed by atoms with E-state index in [1.54, 1.807) is 7.11 Å². The Bertz CT molecular complexity index is 414. The summed E-state index contributed by atoms with van der Waals surface area (Å²) < 4.78 is 5.10. The number of nitrogens with one attached hydrogen (secondary N) is 2. The molecule has 0 radical (unpaired) electrons. The van der Waals surface area contributed by atoms with E-state index in [-0.39, 0.29) is 11.8 Å². The van der Waals surface area contributed by atoms with Gasteiger partial charge in [-0.15, -0.1) is 0 Å². The molecule has 1 aromatic rings. The fraction of sp³-hybridized carbons (Fsp3) is 0.533. The summed E-state index contributed by atoms with van der Waals surface area (Å²) in [7, 11) is 1.69. The Morgan fingerprint density at radius 1 is 1.47 bits per heavy atom. The summed E-state index contributed by atoms with van der Waals surface area (Å²) in [5, 5.41) is 6.32. The van der Waals surface area contributed by atoms with Gasteiger partial charge in [0, 0.05) is 19.3 Å². The standard InChI is InChI=1S/C15H22N2O2/c1-19-10-8-12-5-2-3-7-14(12)17-15(18)13-6-4-9-16-11-13/h2-3,5,7,13,16H,4,6,8-11H2,1H3,(H,17,18). The summed E-state index contributed by atoms with van der Waals surface area (Å²) in [5.41, 5.74) is 2.04. The second-order valence-electron chi connectivity index (χ2n) is 4.93. The minimum absolute atomic E-state index is 0.0873. The van der Waals surface area contributed by atoms with Crippen molar-refractivity contribution in [3.05, 3.63) is 29.8 Å². The van der Waals surface area contributed by atoms with Crippen molar-refractivity contribution in [2.24, 2.45) is 5.92 Å². The van der Waals surface area contributed by atoms with Gasteiger partial charge in [0.05, 0.1) is 12.5 Å². The molecule has 1 aromatic carbocycles. The second-order valence-corrected chi connectivity index (χ2v) is 4.93. The van der Waals surface area contributed by atoms with Crippen LogP contribution in [0.3, 0.4) is 0 Å². The van der Waals surface area contributed by atoms with Crippen molar-refractivity contribution in [3.8, 4) is 0 Å². The van der Waals surface area contributed by atoms with Crippen molar-refractivity contribution in [1.82, 2.24) is 5.32 Å². The zero-order valence-electron chi connectivity index (χ0n) is 11.4. The lowest BCUT2D eigenvalue weighted by Crippen LogP contribution is -2.37. The highest BCUT2D eigenvalue weighted by Gasteiger charge is 2.21. The molecule has 2 N–H and O–H groups in total. The minimum atomic E-state index is 0.0873. The molecule has 0 aliphatic carbocycles. The van der Waals surface area contributed by atoms with Crippen molar-refractivity contribution in [2.75, 3.05) is 32.1 Å². The molecule has 1 aliphatic rings. The third kappa shape index (κ3) is 4.04. The van der Waals surface area contributed by atoms with Crippen molar-refractivity contribution in [1.29, 1.82) is 0 Å². The predicted octanol–water partition coefficient (Wildman–Crippen LogP) is 1.81. The summed E-state index contributed by atoms with van der Waals surface area (Å²) in [6.07, 6.45) is 2.86. The van der Waals surface area contributed by atoms with Crippen LogP contribution in [0.4, 0.5) is 5.69 Å². The highest BCUT2D eigenvalue weighted by Crippen LogP contribution is 2.18. The molecule has 1 atom stereocenters. The quantitative estimate of drug-likeness (QED) is 0.851. The molecule has 1 aliphatic heterocycles. The molecule has 4 nitrogen and oxygen atoms in total. The fourth-order valence-corrected chi connectivity index (χ4v) is 2.38. The Kier molecular flexibility index (Phi) is 5.36. The van der Waals surface area contributed by atoms with Gasteiger partial charge in [0.25, 0.3) is 0 Å². The maximum Gasteiger partial charge on any atom is 0.228 e. The molecule has 4 heteroatoms. The smallest absolute Gasteiger partial charge is 0.228 e. The number of benzene rings is 1. The van der Waals surface area contributed by atoms with Gasteiger partial charge < -0.3 is 15.4 Å². The van der Waals surface area contributed by atoms with Crippen LogP contribution in [0.15, 0.2) is 24.3 Å². The van der Waals surface area contributed by atoms with Gasteiger partial charge in [-0.2, -0.15) is 0 Å². The van der Waals surface area contributed by atoms with Crippen LogP contribution in [0.2, 0.25) is 0 Å². The van der Waals surface area contributed by atoms with Gasteiger partial charge in [-0.1, -0.05) is 18.2 Å². The summed E-state index contributed by atoms with van der Waals surface area (Å²) in [4.78, 5) is 12.2. The summed E-state index contributed by atoms with van der Waals surface area (Å²) in [5.74, 6) is 0.210. The SMILES string of the molecule is COCCc1ccccc1NC(=O)C1CCCNC1. The number of methoxy groups -OCH3 is 1. The average Bonchev–Trinajstić information content (AvgIpc) is 2.47. The molecule has 1 amide bonds. The highest BCUT2D eigenvalue weighted by atomic mass is 16.5. The lowest BCUT2D eigenvalue weighted by atomic mass is 9.98. The predicted molar refractivity (Wildman–Crippen MR) is 76.2 cm³/mol. The number of anilines is 1. The van der Waals surface area contributed by atoms with Crippen LogP contribution in [0.25, 0.3) is 0 Å². The second kappa shape index (κ2) is 7.26. The topological polar surface area (TPSA) is 50.4 Å². The normalized spacial score (nSPS) is 19.1. The van der Waals surface area contributed by atoms with Crippen molar-refractivity contribution < 1.29 is 9.53 Å². The third-order valence-corrected chi connectivity index (χ3v) is 3.52. The third-order valence-electron chi connectivity index (χ3n) is 3.52. The number of carbonyl (C=O) groups is 1. The van der Waals surface area contributed by atoms with E-state index in [1.165, 1.54) is 0 Å². The largest absolute Gasteiger partial charge is 0.384 e. The van der Waals surface area contributed by atoms with Crippen molar-refractivity contribution >= 4 is 11.6 Å². The van der Waals surface area contributed by atoms with E-state index >= 15 is 0 Å². The first-order valence-electron chi connectivity index (χ1n) is 6.89. The number of ether oxygens (including phenoxy) is 1. The first-order valence-corrected chi connectivity index (χ1v) is 6.89. The lowest BCUT2D eigenvalue weighted by molar-refractivity contribution is -0.120. The molecule has 19 heavy (non-hydrogen) atoms. The monoisotopic (exact) mass is 262 g/mol. The molecule has 104 valence electrons.